The molecule has 0 aromatic heterocycles. The van der Waals surface area contributed by atoms with Gasteiger partial charge in [-0.2, -0.15) is 0 Å². The highest BCUT2D eigenvalue weighted by Gasteiger charge is 2.26. The first-order valence-corrected chi connectivity index (χ1v) is 6.77. The molecule has 1 aliphatic heterocycles. The molecule has 0 saturated carbocycles. The van der Waals surface area contributed by atoms with Gasteiger partial charge in [0.15, 0.2) is 0 Å². The molecule has 2 atom stereocenters. The van der Waals surface area contributed by atoms with Crippen LogP contribution in [0.4, 0.5) is 0 Å². The first-order valence-electron chi connectivity index (χ1n) is 6.77. The van der Waals surface area contributed by atoms with Gasteiger partial charge in [-0.3, -0.25) is 9.69 Å². The molecule has 1 saturated heterocycles. The molecule has 100 valence electrons. The van der Waals surface area contributed by atoms with E-state index in [0.29, 0.717) is 31.7 Å². The number of nitrogens with zero attached hydrogens (tertiary/aromatic N) is 1. The summed E-state index contributed by atoms with van der Waals surface area (Å²) >= 11 is 0. The number of rotatable bonds is 6. The number of carbonyl (C=O) groups excluding carboxylic acids is 1. The van der Waals surface area contributed by atoms with E-state index in [1.165, 1.54) is 6.42 Å². The average molecular weight is 242 g/mol. The molecule has 0 bridgehead atoms. The number of hydrogen-bond donors (Lipinski definition) is 1. The van der Waals surface area contributed by atoms with E-state index in [1.807, 2.05) is 0 Å². The fourth-order valence-corrected chi connectivity index (χ4v) is 2.22. The average Bonchev–Trinajstić information content (AvgIpc) is 2.32. The van der Waals surface area contributed by atoms with Crippen LogP contribution >= 0.6 is 0 Å². The molecule has 1 heterocycles. The Balaban J connectivity index is 2.30. The van der Waals surface area contributed by atoms with Gasteiger partial charge in [-0.05, 0) is 38.6 Å². The molecule has 1 aliphatic rings. The minimum atomic E-state index is -0.0945. The summed E-state index contributed by atoms with van der Waals surface area (Å²) in [7, 11) is 0. The Labute approximate surface area is 104 Å². The highest BCUT2D eigenvalue weighted by molar-refractivity contribution is 5.71. The highest BCUT2D eigenvalue weighted by atomic mass is 16.5. The van der Waals surface area contributed by atoms with Crippen molar-refractivity contribution in [2.24, 2.45) is 11.7 Å². The van der Waals surface area contributed by atoms with Crippen LogP contribution in [0.1, 0.15) is 39.5 Å². The van der Waals surface area contributed by atoms with Crippen LogP contribution in [0.2, 0.25) is 0 Å². The van der Waals surface area contributed by atoms with Gasteiger partial charge in [0.05, 0.1) is 13.2 Å². The Bertz CT molecular complexity index is 233. The number of piperidine rings is 1. The number of esters is 1. The van der Waals surface area contributed by atoms with E-state index in [4.69, 9.17) is 10.5 Å². The third-order valence-electron chi connectivity index (χ3n) is 3.54. The second-order valence-corrected chi connectivity index (χ2v) is 5.03. The number of hydrogen-bond acceptors (Lipinski definition) is 4. The Morgan fingerprint density at radius 3 is 2.88 bits per heavy atom. The molecule has 2 unspecified atom stereocenters. The van der Waals surface area contributed by atoms with E-state index >= 15 is 0 Å². The van der Waals surface area contributed by atoms with Gasteiger partial charge in [-0.1, -0.05) is 13.3 Å². The van der Waals surface area contributed by atoms with Crippen molar-refractivity contribution in [2.75, 3.05) is 26.2 Å². The fraction of sp³-hybridized carbons (Fsp3) is 0.923. The lowest BCUT2D eigenvalue weighted by Gasteiger charge is -2.36. The quantitative estimate of drug-likeness (QED) is 0.565. The van der Waals surface area contributed by atoms with Crippen molar-refractivity contribution >= 4 is 5.97 Å². The second-order valence-electron chi connectivity index (χ2n) is 5.03. The molecular weight excluding hydrogens is 216 g/mol. The smallest absolute Gasteiger partial charge is 0.320 e. The Kier molecular flexibility index (Phi) is 6.52. The lowest BCUT2D eigenvalue weighted by atomic mass is 9.93. The van der Waals surface area contributed by atoms with Crippen LogP contribution < -0.4 is 5.73 Å². The predicted octanol–water partition coefficient (Wildman–Crippen LogP) is 1.39. The first-order chi connectivity index (χ1) is 8.17. The SMILES string of the molecule is CCCCOC(=O)CN1CC(CN)CCC1C. The van der Waals surface area contributed by atoms with Gasteiger partial charge in [0.2, 0.25) is 0 Å². The number of carbonyl (C=O) groups is 1. The predicted molar refractivity (Wildman–Crippen MR) is 68.7 cm³/mol. The van der Waals surface area contributed by atoms with E-state index in [1.54, 1.807) is 0 Å². The zero-order valence-corrected chi connectivity index (χ0v) is 11.2. The molecule has 4 nitrogen and oxygen atoms in total. The normalized spacial score (nSPS) is 25.8. The summed E-state index contributed by atoms with van der Waals surface area (Å²) < 4.78 is 5.19. The van der Waals surface area contributed by atoms with Gasteiger partial charge >= 0.3 is 5.97 Å². The molecule has 0 spiro atoms. The van der Waals surface area contributed by atoms with Gasteiger partial charge in [0.25, 0.3) is 0 Å². The molecule has 1 fully saturated rings. The Hall–Kier alpha value is -0.610. The van der Waals surface area contributed by atoms with Crippen LogP contribution in [0.15, 0.2) is 0 Å². The maximum atomic E-state index is 11.6. The monoisotopic (exact) mass is 242 g/mol. The topological polar surface area (TPSA) is 55.6 Å². The third-order valence-corrected chi connectivity index (χ3v) is 3.54. The maximum absolute atomic E-state index is 11.6. The zero-order chi connectivity index (χ0) is 12.7. The van der Waals surface area contributed by atoms with Crippen molar-refractivity contribution < 1.29 is 9.53 Å². The van der Waals surface area contributed by atoms with Gasteiger partial charge < -0.3 is 10.5 Å². The lowest BCUT2D eigenvalue weighted by Crippen LogP contribution is -2.46. The van der Waals surface area contributed by atoms with E-state index in [2.05, 4.69) is 18.7 Å². The summed E-state index contributed by atoms with van der Waals surface area (Å²) in [5.74, 6) is 0.442. The minimum absolute atomic E-state index is 0.0945. The molecule has 4 heteroatoms. The van der Waals surface area contributed by atoms with Crippen molar-refractivity contribution in [3.8, 4) is 0 Å². The highest BCUT2D eigenvalue weighted by Crippen LogP contribution is 2.20. The zero-order valence-electron chi connectivity index (χ0n) is 11.2. The number of likely N-dealkylation sites (tertiary alicyclic amines) is 1. The fourth-order valence-electron chi connectivity index (χ4n) is 2.22. The summed E-state index contributed by atoms with van der Waals surface area (Å²) in [5.41, 5.74) is 5.70. The summed E-state index contributed by atoms with van der Waals surface area (Å²) in [4.78, 5) is 13.8. The number of ether oxygens (including phenoxy) is 1. The van der Waals surface area contributed by atoms with Crippen LogP contribution in [-0.2, 0) is 9.53 Å². The third kappa shape index (κ3) is 5.04. The van der Waals surface area contributed by atoms with Gasteiger partial charge in [-0.15, -0.1) is 0 Å². The van der Waals surface area contributed by atoms with Crippen molar-refractivity contribution in [1.82, 2.24) is 4.90 Å². The summed E-state index contributed by atoms with van der Waals surface area (Å²) in [5, 5.41) is 0. The van der Waals surface area contributed by atoms with E-state index in [0.717, 1.165) is 25.8 Å². The molecular formula is C13H26N2O2. The van der Waals surface area contributed by atoms with Crippen molar-refractivity contribution in [3.05, 3.63) is 0 Å². The van der Waals surface area contributed by atoms with Crippen LogP contribution in [0, 0.1) is 5.92 Å². The molecule has 0 radical (unpaired) electrons. The molecule has 1 rings (SSSR count). The summed E-state index contributed by atoms with van der Waals surface area (Å²) in [6.45, 7) is 6.88. The maximum Gasteiger partial charge on any atom is 0.320 e. The molecule has 0 aromatic carbocycles. The summed E-state index contributed by atoms with van der Waals surface area (Å²) in [6, 6.07) is 0.469. The molecule has 2 N–H and O–H groups in total. The number of nitrogens with two attached hydrogens (primary N) is 1. The van der Waals surface area contributed by atoms with Crippen molar-refractivity contribution in [3.63, 3.8) is 0 Å². The lowest BCUT2D eigenvalue weighted by molar-refractivity contribution is -0.146. The molecule has 17 heavy (non-hydrogen) atoms. The molecule has 0 aromatic rings. The van der Waals surface area contributed by atoms with E-state index in [9.17, 15) is 4.79 Å². The summed E-state index contributed by atoms with van der Waals surface area (Å²) in [6.07, 6.45) is 4.32. The van der Waals surface area contributed by atoms with Gasteiger partial charge in [-0.25, -0.2) is 0 Å². The van der Waals surface area contributed by atoms with Gasteiger partial charge in [0.1, 0.15) is 0 Å². The largest absolute Gasteiger partial charge is 0.465 e. The van der Waals surface area contributed by atoms with E-state index in [-0.39, 0.29) is 5.97 Å². The van der Waals surface area contributed by atoms with Crippen molar-refractivity contribution in [2.45, 2.75) is 45.6 Å². The van der Waals surface area contributed by atoms with Crippen LogP contribution in [0.5, 0.6) is 0 Å². The minimum Gasteiger partial charge on any atom is -0.465 e. The van der Waals surface area contributed by atoms with Crippen LogP contribution in [0.25, 0.3) is 0 Å². The van der Waals surface area contributed by atoms with Crippen LogP contribution in [0.3, 0.4) is 0 Å². The number of unbranched alkanes of at least 4 members (excludes halogenated alkanes) is 1. The van der Waals surface area contributed by atoms with Crippen LogP contribution in [-0.4, -0.2) is 43.2 Å². The Morgan fingerprint density at radius 2 is 2.24 bits per heavy atom. The Morgan fingerprint density at radius 1 is 1.47 bits per heavy atom. The van der Waals surface area contributed by atoms with E-state index < -0.39 is 0 Å². The second kappa shape index (κ2) is 7.67. The molecule has 0 amide bonds. The molecule has 0 aliphatic carbocycles. The van der Waals surface area contributed by atoms with Gasteiger partial charge in [0, 0.05) is 12.6 Å². The standard InChI is InChI=1S/C13H26N2O2/c1-3-4-7-17-13(16)10-15-9-12(8-14)6-5-11(15)2/h11-12H,3-10,14H2,1-2H3. The van der Waals surface area contributed by atoms with Crippen molar-refractivity contribution in [1.29, 1.82) is 0 Å². The first kappa shape index (κ1) is 14.5.